The molecule has 40 heavy (non-hydrogen) atoms. The highest BCUT2D eigenvalue weighted by molar-refractivity contribution is 5.89. The van der Waals surface area contributed by atoms with E-state index in [-0.39, 0.29) is 29.6 Å². The number of alkyl halides is 3. The van der Waals surface area contributed by atoms with Crippen molar-refractivity contribution in [1.29, 1.82) is 0 Å². The molecule has 2 amide bonds. The molecule has 1 aromatic carbocycles. The number of nitrogens with one attached hydrogen (secondary N) is 5. The Bertz CT molecular complexity index is 1320. The minimum absolute atomic E-state index is 0.0218. The number of carbonyl (C=O) groups is 1. The largest absolute Gasteiger partial charge is 0.416 e. The van der Waals surface area contributed by atoms with Gasteiger partial charge < -0.3 is 21.3 Å². The van der Waals surface area contributed by atoms with Gasteiger partial charge in [-0.2, -0.15) is 23.3 Å². The second-order valence-corrected chi connectivity index (χ2v) is 11.2. The van der Waals surface area contributed by atoms with Crippen LogP contribution < -0.4 is 21.3 Å². The molecular weight excluding hydrogens is 521 g/mol. The molecule has 2 heterocycles. The van der Waals surface area contributed by atoms with Gasteiger partial charge >= 0.3 is 12.2 Å². The fraction of sp³-hybridized carbons (Fsp3) is 0.500. The van der Waals surface area contributed by atoms with Crippen molar-refractivity contribution < 1.29 is 18.0 Å². The predicted molar refractivity (Wildman–Crippen MR) is 145 cm³/mol. The first-order valence-electron chi connectivity index (χ1n) is 14.0. The van der Waals surface area contributed by atoms with E-state index in [2.05, 4.69) is 47.5 Å². The fourth-order valence-corrected chi connectivity index (χ4v) is 6.63. The Morgan fingerprint density at radius 1 is 0.975 bits per heavy atom. The lowest BCUT2D eigenvalue weighted by Gasteiger charge is -2.36. The zero-order valence-corrected chi connectivity index (χ0v) is 22.0. The molecule has 0 aliphatic heterocycles. The molecule has 0 saturated heterocycles. The molecule has 2 aromatic heterocycles. The van der Waals surface area contributed by atoms with Gasteiger partial charge in [0.25, 0.3) is 0 Å². The molecule has 2 unspecified atom stereocenters. The lowest BCUT2D eigenvalue weighted by molar-refractivity contribution is -0.137. The highest BCUT2D eigenvalue weighted by Gasteiger charge is 2.43. The molecule has 2 bridgehead atoms. The van der Waals surface area contributed by atoms with Crippen LogP contribution >= 0.6 is 0 Å². The average Bonchev–Trinajstić information content (AvgIpc) is 3.65. The standard InChI is InChI=1S/C28H33F3N8O/c29-28(30,31)19-6-3-7-20(14-19)34-27(40)37-25-17-8-9-18(25)13-21(12-17)33-26-32-11-10-23(36-26)35-24-15-22(38-39-24)16-4-1-2-5-16/h3,6-7,10-11,14-18,21,25H,1-2,4-5,8-9,12-13H2,(H2,34,37,40)(H3,32,33,35,36,38,39)/t17-,18+,21?,25?. The molecule has 4 atom stereocenters. The molecule has 212 valence electrons. The number of carbonyl (C=O) groups excluding carboxylic acids is 1. The van der Waals surface area contributed by atoms with Crippen molar-refractivity contribution in [3.63, 3.8) is 0 Å². The Balaban J connectivity index is 1.02. The van der Waals surface area contributed by atoms with Crippen LogP contribution in [0.2, 0.25) is 0 Å². The first-order valence-corrected chi connectivity index (χ1v) is 14.0. The van der Waals surface area contributed by atoms with Gasteiger partial charge in [-0.25, -0.2) is 9.78 Å². The molecule has 0 spiro atoms. The number of fused-ring (bicyclic) bond motifs is 2. The number of anilines is 4. The maximum Gasteiger partial charge on any atom is 0.416 e. The third-order valence-corrected chi connectivity index (χ3v) is 8.48. The first kappa shape index (κ1) is 26.4. The van der Waals surface area contributed by atoms with Crippen LogP contribution in [0.3, 0.4) is 0 Å². The summed E-state index contributed by atoms with van der Waals surface area (Å²) in [6, 6.07) is 8.19. The number of hydrogen-bond acceptors (Lipinski definition) is 6. The summed E-state index contributed by atoms with van der Waals surface area (Å²) in [5.41, 5.74) is 0.485. The van der Waals surface area contributed by atoms with Crippen LogP contribution in [-0.4, -0.2) is 38.3 Å². The number of H-pyrrole nitrogens is 1. The van der Waals surface area contributed by atoms with Crippen LogP contribution in [0, 0.1) is 11.8 Å². The van der Waals surface area contributed by atoms with Gasteiger partial charge in [-0.05, 0) is 74.6 Å². The Kier molecular flexibility index (Phi) is 7.24. The molecule has 5 N–H and O–H groups in total. The molecule has 3 fully saturated rings. The maximum absolute atomic E-state index is 13.0. The third-order valence-electron chi connectivity index (χ3n) is 8.48. The number of aromatic amines is 1. The molecule has 3 aliphatic rings. The third kappa shape index (κ3) is 6.00. The Labute approximate surface area is 230 Å². The molecule has 12 heteroatoms. The average molecular weight is 555 g/mol. The summed E-state index contributed by atoms with van der Waals surface area (Å²) < 4.78 is 39.0. The lowest BCUT2D eigenvalue weighted by atomic mass is 9.81. The number of urea groups is 1. The number of nitrogens with zero attached hydrogens (tertiary/aromatic N) is 3. The second-order valence-electron chi connectivity index (χ2n) is 11.2. The van der Waals surface area contributed by atoms with Crippen molar-refractivity contribution in [1.82, 2.24) is 25.5 Å². The number of halogens is 3. The van der Waals surface area contributed by atoms with Gasteiger partial charge in [0.2, 0.25) is 5.95 Å². The monoisotopic (exact) mass is 554 g/mol. The van der Waals surface area contributed by atoms with Gasteiger partial charge in [0.1, 0.15) is 5.82 Å². The van der Waals surface area contributed by atoms with Crippen molar-refractivity contribution in [2.45, 2.75) is 75.5 Å². The molecular formula is C28H33F3N8O. The lowest BCUT2D eigenvalue weighted by Crippen LogP contribution is -2.49. The fourth-order valence-electron chi connectivity index (χ4n) is 6.63. The SMILES string of the molecule is O=C(Nc1cccc(C(F)(F)F)c1)NC1[C@@H]2CC[C@H]1CC(Nc1nccc(Nc3cc(C4CCCC4)[nH]n3)n1)C2. The van der Waals surface area contributed by atoms with Crippen LogP contribution in [0.1, 0.15) is 68.5 Å². The van der Waals surface area contributed by atoms with E-state index < -0.39 is 17.8 Å². The summed E-state index contributed by atoms with van der Waals surface area (Å²) in [7, 11) is 0. The number of benzene rings is 1. The van der Waals surface area contributed by atoms with E-state index in [9.17, 15) is 18.0 Å². The quantitative estimate of drug-likeness (QED) is 0.230. The Morgan fingerprint density at radius 3 is 2.50 bits per heavy atom. The van der Waals surface area contributed by atoms with Crippen LogP contribution in [-0.2, 0) is 6.18 Å². The highest BCUT2D eigenvalue weighted by atomic mass is 19.4. The van der Waals surface area contributed by atoms with E-state index >= 15 is 0 Å². The summed E-state index contributed by atoms with van der Waals surface area (Å²) in [5.74, 6) is 3.02. The molecule has 3 aliphatic carbocycles. The topological polar surface area (TPSA) is 120 Å². The van der Waals surface area contributed by atoms with Crippen LogP contribution in [0.5, 0.6) is 0 Å². The van der Waals surface area contributed by atoms with E-state index in [1.807, 2.05) is 6.07 Å². The number of aromatic nitrogens is 4. The summed E-state index contributed by atoms with van der Waals surface area (Å²) >= 11 is 0. The zero-order chi connectivity index (χ0) is 27.7. The van der Waals surface area contributed by atoms with Crippen molar-refractivity contribution in [2.24, 2.45) is 11.8 Å². The zero-order valence-electron chi connectivity index (χ0n) is 22.0. The van der Waals surface area contributed by atoms with Gasteiger partial charge in [0, 0.05) is 41.6 Å². The Hall–Kier alpha value is -3.83. The molecule has 6 rings (SSSR count). The minimum Gasteiger partial charge on any atom is -0.351 e. The molecule has 3 aromatic rings. The summed E-state index contributed by atoms with van der Waals surface area (Å²) in [6.07, 6.45) is 5.83. The van der Waals surface area contributed by atoms with Gasteiger partial charge in [0.05, 0.1) is 5.56 Å². The predicted octanol–water partition coefficient (Wildman–Crippen LogP) is 6.41. The minimum atomic E-state index is -4.46. The van der Waals surface area contributed by atoms with Crippen LogP contribution in [0.15, 0.2) is 42.6 Å². The maximum atomic E-state index is 13.0. The normalized spacial score (nSPS) is 24.6. The second kappa shape index (κ2) is 11.0. The van der Waals surface area contributed by atoms with E-state index in [1.54, 1.807) is 6.20 Å². The molecule has 9 nitrogen and oxygen atoms in total. The summed E-state index contributed by atoms with van der Waals surface area (Å²) in [5, 5.41) is 19.9. The number of amides is 2. The van der Waals surface area contributed by atoms with Crippen molar-refractivity contribution in [3.05, 3.63) is 53.9 Å². The number of rotatable bonds is 7. The van der Waals surface area contributed by atoms with E-state index in [0.717, 1.165) is 49.3 Å². The summed E-state index contributed by atoms with van der Waals surface area (Å²) in [6.45, 7) is 0. The van der Waals surface area contributed by atoms with Crippen molar-refractivity contribution >= 4 is 29.3 Å². The van der Waals surface area contributed by atoms with Crippen molar-refractivity contribution in [3.8, 4) is 0 Å². The van der Waals surface area contributed by atoms with Crippen LogP contribution in [0.25, 0.3) is 0 Å². The number of hydrogen-bond donors (Lipinski definition) is 5. The molecule has 3 saturated carbocycles. The Morgan fingerprint density at radius 2 is 1.75 bits per heavy atom. The summed E-state index contributed by atoms with van der Waals surface area (Å²) in [4.78, 5) is 21.7. The van der Waals surface area contributed by atoms with E-state index in [4.69, 9.17) is 0 Å². The smallest absolute Gasteiger partial charge is 0.351 e. The first-order chi connectivity index (χ1) is 19.3. The van der Waals surface area contributed by atoms with Gasteiger partial charge in [0.15, 0.2) is 5.82 Å². The van der Waals surface area contributed by atoms with Crippen LogP contribution in [0.4, 0.5) is 41.2 Å². The van der Waals surface area contributed by atoms with E-state index in [0.29, 0.717) is 17.7 Å². The molecule has 0 radical (unpaired) electrons. The van der Waals surface area contributed by atoms with Crippen molar-refractivity contribution in [2.75, 3.05) is 16.0 Å². The van der Waals surface area contributed by atoms with Gasteiger partial charge in [-0.3, -0.25) is 5.10 Å². The van der Waals surface area contributed by atoms with E-state index in [1.165, 1.54) is 37.8 Å². The van der Waals surface area contributed by atoms with Gasteiger partial charge in [-0.1, -0.05) is 18.9 Å². The van der Waals surface area contributed by atoms with Gasteiger partial charge in [-0.15, -0.1) is 0 Å². The highest BCUT2D eigenvalue weighted by Crippen LogP contribution is 2.43.